The van der Waals surface area contributed by atoms with Gasteiger partial charge in [-0.25, -0.2) is 4.79 Å². The maximum Gasteiger partial charge on any atom is 0.317 e. The van der Waals surface area contributed by atoms with Gasteiger partial charge in [-0.15, -0.1) is 0 Å². The van der Waals surface area contributed by atoms with Crippen LogP contribution in [-0.2, 0) is 0 Å². The predicted octanol–water partition coefficient (Wildman–Crippen LogP) is 1.31. The van der Waals surface area contributed by atoms with Gasteiger partial charge in [0.2, 0.25) is 0 Å². The summed E-state index contributed by atoms with van der Waals surface area (Å²) in [6.07, 6.45) is 4.73. The number of nitrogens with two attached hydrogens (primary N) is 1. The van der Waals surface area contributed by atoms with Crippen molar-refractivity contribution >= 4 is 6.03 Å². The topological polar surface area (TPSA) is 58.4 Å². The van der Waals surface area contributed by atoms with Crippen molar-refractivity contribution in [2.75, 3.05) is 13.1 Å². The van der Waals surface area contributed by atoms with Crippen LogP contribution in [0.15, 0.2) is 0 Å². The molecule has 0 aromatic heterocycles. The van der Waals surface area contributed by atoms with Crippen molar-refractivity contribution in [3.8, 4) is 0 Å². The normalized spacial score (nSPS) is 17.1. The molecule has 0 aromatic carbocycles. The van der Waals surface area contributed by atoms with E-state index in [1.807, 2.05) is 18.7 Å². The van der Waals surface area contributed by atoms with Crippen LogP contribution in [-0.4, -0.2) is 36.1 Å². The molecular weight excluding hydrogens is 190 g/mol. The van der Waals surface area contributed by atoms with Gasteiger partial charge in [0, 0.05) is 25.2 Å². The minimum Gasteiger partial charge on any atom is -0.336 e. The summed E-state index contributed by atoms with van der Waals surface area (Å²) in [7, 11) is 0. The molecule has 0 bridgehead atoms. The first kappa shape index (κ1) is 12.3. The summed E-state index contributed by atoms with van der Waals surface area (Å²) < 4.78 is 0. The first-order valence-electron chi connectivity index (χ1n) is 5.92. The van der Waals surface area contributed by atoms with Crippen LogP contribution in [0.2, 0.25) is 0 Å². The van der Waals surface area contributed by atoms with E-state index in [9.17, 15) is 4.79 Å². The molecule has 0 unspecified atom stereocenters. The van der Waals surface area contributed by atoms with Gasteiger partial charge in [0.25, 0.3) is 0 Å². The largest absolute Gasteiger partial charge is 0.336 e. The fourth-order valence-corrected chi connectivity index (χ4v) is 2.13. The van der Waals surface area contributed by atoms with Crippen molar-refractivity contribution in [1.29, 1.82) is 0 Å². The number of rotatable bonds is 4. The third-order valence-corrected chi connectivity index (χ3v) is 2.81. The van der Waals surface area contributed by atoms with Crippen molar-refractivity contribution in [3.63, 3.8) is 0 Å². The Balaban J connectivity index is 2.51. The number of hydrogen-bond donors (Lipinski definition) is 2. The molecule has 15 heavy (non-hydrogen) atoms. The standard InChI is InChI=1S/C11H23N3O/c1-9(2)13-11(15)14(8-7-12)10-5-3-4-6-10/h9-10H,3-8,12H2,1-2H3,(H,13,15). The summed E-state index contributed by atoms with van der Waals surface area (Å²) in [6.45, 7) is 5.17. The van der Waals surface area contributed by atoms with E-state index in [-0.39, 0.29) is 12.1 Å². The lowest BCUT2D eigenvalue weighted by molar-refractivity contribution is 0.174. The minimum atomic E-state index is 0.0438. The van der Waals surface area contributed by atoms with Gasteiger partial charge in [-0.2, -0.15) is 0 Å². The lowest BCUT2D eigenvalue weighted by atomic mass is 10.2. The fourth-order valence-electron chi connectivity index (χ4n) is 2.13. The van der Waals surface area contributed by atoms with Crippen LogP contribution in [0.4, 0.5) is 4.79 Å². The quantitative estimate of drug-likeness (QED) is 0.739. The van der Waals surface area contributed by atoms with Crippen LogP contribution in [0.1, 0.15) is 39.5 Å². The van der Waals surface area contributed by atoms with Crippen molar-refractivity contribution in [3.05, 3.63) is 0 Å². The number of urea groups is 1. The predicted molar refractivity (Wildman–Crippen MR) is 61.7 cm³/mol. The lowest BCUT2D eigenvalue weighted by Crippen LogP contribution is -2.49. The molecule has 2 amide bonds. The first-order chi connectivity index (χ1) is 7.15. The summed E-state index contributed by atoms with van der Waals surface area (Å²) in [5.74, 6) is 0. The second-order valence-corrected chi connectivity index (χ2v) is 4.52. The Morgan fingerprint density at radius 3 is 2.53 bits per heavy atom. The van der Waals surface area contributed by atoms with Crippen molar-refractivity contribution in [2.45, 2.75) is 51.6 Å². The van der Waals surface area contributed by atoms with Gasteiger partial charge in [0.05, 0.1) is 0 Å². The van der Waals surface area contributed by atoms with Crippen molar-refractivity contribution in [2.24, 2.45) is 5.73 Å². The summed E-state index contributed by atoms with van der Waals surface area (Å²) in [6, 6.07) is 0.647. The van der Waals surface area contributed by atoms with E-state index in [1.54, 1.807) is 0 Å². The molecule has 0 heterocycles. The second-order valence-electron chi connectivity index (χ2n) is 4.52. The second kappa shape index (κ2) is 5.95. The van der Waals surface area contributed by atoms with E-state index < -0.39 is 0 Å². The molecule has 0 atom stereocenters. The highest BCUT2D eigenvalue weighted by molar-refractivity contribution is 5.74. The Morgan fingerprint density at radius 2 is 2.07 bits per heavy atom. The molecule has 0 aliphatic heterocycles. The van der Waals surface area contributed by atoms with Gasteiger partial charge >= 0.3 is 6.03 Å². The highest BCUT2D eigenvalue weighted by Gasteiger charge is 2.25. The molecule has 0 spiro atoms. The SMILES string of the molecule is CC(C)NC(=O)N(CCN)C1CCCC1. The number of carbonyl (C=O) groups is 1. The molecule has 1 aliphatic rings. The summed E-state index contributed by atoms with van der Waals surface area (Å²) in [5.41, 5.74) is 5.54. The Labute approximate surface area is 92.2 Å². The Kier molecular flexibility index (Phi) is 4.88. The highest BCUT2D eigenvalue weighted by atomic mass is 16.2. The van der Waals surface area contributed by atoms with Gasteiger partial charge in [-0.3, -0.25) is 0 Å². The third-order valence-electron chi connectivity index (χ3n) is 2.81. The zero-order chi connectivity index (χ0) is 11.3. The zero-order valence-electron chi connectivity index (χ0n) is 9.83. The molecule has 1 aliphatic carbocycles. The molecule has 1 saturated carbocycles. The molecule has 3 N–H and O–H groups in total. The van der Waals surface area contributed by atoms with E-state index in [1.165, 1.54) is 12.8 Å². The molecule has 88 valence electrons. The summed E-state index contributed by atoms with van der Waals surface area (Å²) in [5, 5.41) is 2.94. The van der Waals surface area contributed by atoms with Gasteiger partial charge in [0.15, 0.2) is 0 Å². The van der Waals surface area contributed by atoms with Gasteiger partial charge < -0.3 is 16.0 Å². The smallest absolute Gasteiger partial charge is 0.317 e. The van der Waals surface area contributed by atoms with Crippen LogP contribution >= 0.6 is 0 Å². The number of carbonyl (C=O) groups excluding carboxylic acids is 1. The molecule has 4 heteroatoms. The van der Waals surface area contributed by atoms with Crippen LogP contribution in [0.5, 0.6) is 0 Å². The number of nitrogens with one attached hydrogen (secondary N) is 1. The fraction of sp³-hybridized carbons (Fsp3) is 0.909. The Bertz CT molecular complexity index is 200. The van der Waals surface area contributed by atoms with Gasteiger partial charge in [-0.1, -0.05) is 12.8 Å². The first-order valence-corrected chi connectivity index (χ1v) is 5.92. The average Bonchev–Trinajstić information content (AvgIpc) is 2.65. The summed E-state index contributed by atoms with van der Waals surface area (Å²) in [4.78, 5) is 13.8. The third kappa shape index (κ3) is 3.70. The maximum absolute atomic E-state index is 11.9. The van der Waals surface area contributed by atoms with Crippen LogP contribution in [0.25, 0.3) is 0 Å². The van der Waals surface area contributed by atoms with Crippen LogP contribution in [0.3, 0.4) is 0 Å². The lowest BCUT2D eigenvalue weighted by Gasteiger charge is -2.29. The maximum atomic E-state index is 11.9. The van der Waals surface area contributed by atoms with E-state index in [0.717, 1.165) is 12.8 Å². The minimum absolute atomic E-state index is 0.0438. The Morgan fingerprint density at radius 1 is 1.47 bits per heavy atom. The van der Waals surface area contributed by atoms with E-state index in [4.69, 9.17) is 5.73 Å². The van der Waals surface area contributed by atoms with Gasteiger partial charge in [0.1, 0.15) is 0 Å². The van der Waals surface area contributed by atoms with E-state index in [2.05, 4.69) is 5.32 Å². The van der Waals surface area contributed by atoms with Gasteiger partial charge in [-0.05, 0) is 26.7 Å². The molecule has 0 radical (unpaired) electrons. The number of amides is 2. The zero-order valence-corrected chi connectivity index (χ0v) is 9.83. The van der Waals surface area contributed by atoms with Crippen molar-refractivity contribution < 1.29 is 4.79 Å². The van der Waals surface area contributed by atoms with Crippen molar-refractivity contribution in [1.82, 2.24) is 10.2 Å². The molecule has 1 fully saturated rings. The molecule has 0 saturated heterocycles. The Hall–Kier alpha value is -0.770. The van der Waals surface area contributed by atoms with Crippen LogP contribution in [0, 0.1) is 0 Å². The summed E-state index contributed by atoms with van der Waals surface area (Å²) >= 11 is 0. The van der Waals surface area contributed by atoms with E-state index in [0.29, 0.717) is 19.1 Å². The molecular formula is C11H23N3O. The molecule has 4 nitrogen and oxygen atoms in total. The van der Waals surface area contributed by atoms with E-state index >= 15 is 0 Å². The number of hydrogen-bond acceptors (Lipinski definition) is 2. The molecule has 0 aromatic rings. The monoisotopic (exact) mass is 213 g/mol. The molecule has 1 rings (SSSR count). The van der Waals surface area contributed by atoms with Crippen LogP contribution < -0.4 is 11.1 Å². The average molecular weight is 213 g/mol. The highest BCUT2D eigenvalue weighted by Crippen LogP contribution is 2.23. The number of nitrogens with zero attached hydrogens (tertiary/aromatic N) is 1.